The van der Waals surface area contributed by atoms with Crippen molar-refractivity contribution in [2.24, 2.45) is 11.7 Å². The second kappa shape index (κ2) is 6.24. The van der Waals surface area contributed by atoms with Crippen molar-refractivity contribution in [2.45, 2.75) is 52.0 Å². The Morgan fingerprint density at radius 3 is 2.89 bits per heavy atom. The van der Waals surface area contributed by atoms with E-state index in [4.69, 9.17) is 10.5 Å². The van der Waals surface area contributed by atoms with E-state index in [0.29, 0.717) is 12.0 Å². The summed E-state index contributed by atoms with van der Waals surface area (Å²) in [6.07, 6.45) is 5.85. The van der Waals surface area contributed by atoms with Gasteiger partial charge in [-0.1, -0.05) is 32.4 Å². The van der Waals surface area contributed by atoms with Crippen LogP contribution in [0.3, 0.4) is 0 Å². The van der Waals surface area contributed by atoms with E-state index in [1.807, 2.05) is 0 Å². The lowest BCUT2D eigenvalue weighted by Crippen LogP contribution is -2.25. The summed E-state index contributed by atoms with van der Waals surface area (Å²) in [6, 6.07) is 6.99. The first-order valence-electron chi connectivity index (χ1n) is 7.17. The molecule has 0 bridgehead atoms. The Balaban J connectivity index is 1.74. The predicted octanol–water partition coefficient (Wildman–Crippen LogP) is 3.32. The van der Waals surface area contributed by atoms with Crippen molar-refractivity contribution in [2.75, 3.05) is 6.61 Å². The van der Waals surface area contributed by atoms with E-state index in [9.17, 15) is 0 Å². The zero-order chi connectivity index (χ0) is 13.0. The van der Waals surface area contributed by atoms with Gasteiger partial charge in [0.1, 0.15) is 5.75 Å². The van der Waals surface area contributed by atoms with Gasteiger partial charge in [0.2, 0.25) is 0 Å². The highest BCUT2D eigenvalue weighted by molar-refractivity contribution is 5.39. The van der Waals surface area contributed by atoms with Crippen molar-refractivity contribution in [1.29, 1.82) is 0 Å². The molecule has 1 aliphatic rings. The smallest absolute Gasteiger partial charge is 0.122 e. The third-order valence-corrected chi connectivity index (χ3v) is 3.86. The van der Waals surface area contributed by atoms with E-state index in [1.165, 1.54) is 24.0 Å². The van der Waals surface area contributed by atoms with E-state index in [0.717, 1.165) is 31.6 Å². The largest absolute Gasteiger partial charge is 0.493 e. The highest BCUT2D eigenvalue weighted by Crippen LogP contribution is 2.26. The molecule has 0 fully saturated rings. The van der Waals surface area contributed by atoms with Gasteiger partial charge in [-0.2, -0.15) is 0 Å². The zero-order valence-corrected chi connectivity index (χ0v) is 11.6. The Morgan fingerprint density at radius 2 is 2.11 bits per heavy atom. The van der Waals surface area contributed by atoms with Crippen LogP contribution in [0.15, 0.2) is 18.2 Å². The number of unbranched alkanes of at least 4 members (excludes halogenated alkanes) is 1. The molecule has 2 heteroatoms. The Kier molecular flexibility index (Phi) is 4.65. The molecule has 1 aromatic rings. The molecule has 0 saturated heterocycles. The molecule has 0 aliphatic carbocycles. The van der Waals surface area contributed by atoms with E-state index in [2.05, 4.69) is 32.0 Å². The van der Waals surface area contributed by atoms with Crippen LogP contribution in [-0.4, -0.2) is 12.6 Å². The quantitative estimate of drug-likeness (QED) is 0.783. The topological polar surface area (TPSA) is 35.2 Å². The van der Waals surface area contributed by atoms with E-state index >= 15 is 0 Å². The fourth-order valence-electron chi connectivity index (χ4n) is 2.44. The second-order valence-corrected chi connectivity index (χ2v) is 5.69. The summed E-state index contributed by atoms with van der Waals surface area (Å²) in [5, 5.41) is 0. The fourth-order valence-corrected chi connectivity index (χ4v) is 2.44. The molecule has 1 heterocycles. The Bertz CT molecular complexity index is 387. The Hall–Kier alpha value is -1.02. The number of rotatable bonds is 6. The predicted molar refractivity (Wildman–Crippen MR) is 76.0 cm³/mol. The van der Waals surface area contributed by atoms with Crippen molar-refractivity contribution in [3.8, 4) is 5.75 Å². The molecule has 1 aliphatic heterocycles. The van der Waals surface area contributed by atoms with Gasteiger partial charge in [-0.25, -0.2) is 0 Å². The van der Waals surface area contributed by atoms with Gasteiger partial charge < -0.3 is 10.5 Å². The lowest BCUT2D eigenvalue weighted by atomic mass is 9.97. The van der Waals surface area contributed by atoms with E-state index in [-0.39, 0.29) is 0 Å². The molecule has 100 valence electrons. The summed E-state index contributed by atoms with van der Waals surface area (Å²) in [7, 11) is 0. The van der Waals surface area contributed by atoms with Gasteiger partial charge in [0.25, 0.3) is 0 Å². The maximum absolute atomic E-state index is 6.05. The Labute approximate surface area is 111 Å². The summed E-state index contributed by atoms with van der Waals surface area (Å²) < 4.78 is 5.52. The zero-order valence-electron chi connectivity index (χ0n) is 11.6. The van der Waals surface area contributed by atoms with Crippen molar-refractivity contribution in [3.63, 3.8) is 0 Å². The molecule has 1 unspecified atom stereocenters. The minimum atomic E-state index is 0.360. The van der Waals surface area contributed by atoms with Gasteiger partial charge in [0.05, 0.1) is 6.61 Å². The van der Waals surface area contributed by atoms with Crippen LogP contribution in [0.1, 0.15) is 44.2 Å². The molecular weight excluding hydrogens is 222 g/mol. The molecule has 0 saturated carbocycles. The SMILES string of the molecule is CC(C)C(N)CCCCc1ccc2c(c1)CCO2. The Morgan fingerprint density at radius 1 is 1.28 bits per heavy atom. The van der Waals surface area contributed by atoms with Crippen LogP contribution in [0.5, 0.6) is 5.75 Å². The molecular formula is C16H25NO. The van der Waals surface area contributed by atoms with E-state index < -0.39 is 0 Å². The lowest BCUT2D eigenvalue weighted by Gasteiger charge is -2.14. The number of aryl methyl sites for hydroxylation is 1. The van der Waals surface area contributed by atoms with Crippen LogP contribution in [0.2, 0.25) is 0 Å². The summed E-state index contributed by atoms with van der Waals surface area (Å²) >= 11 is 0. The number of nitrogens with two attached hydrogens (primary N) is 1. The van der Waals surface area contributed by atoms with Crippen molar-refractivity contribution in [3.05, 3.63) is 29.3 Å². The summed E-state index contributed by atoms with van der Waals surface area (Å²) in [5.74, 6) is 1.68. The molecule has 2 rings (SSSR count). The molecule has 2 N–H and O–H groups in total. The number of ether oxygens (including phenoxy) is 1. The fraction of sp³-hybridized carbons (Fsp3) is 0.625. The molecule has 2 nitrogen and oxygen atoms in total. The first kappa shape index (κ1) is 13.4. The minimum Gasteiger partial charge on any atom is -0.493 e. The lowest BCUT2D eigenvalue weighted by molar-refractivity contribution is 0.357. The standard InChI is InChI=1S/C16H25NO/c1-12(2)15(17)6-4-3-5-13-7-8-16-14(11-13)9-10-18-16/h7-8,11-12,15H,3-6,9-10,17H2,1-2H3. The number of benzene rings is 1. The average Bonchev–Trinajstić information content (AvgIpc) is 2.81. The molecule has 1 aromatic carbocycles. The van der Waals surface area contributed by atoms with Crippen LogP contribution in [-0.2, 0) is 12.8 Å². The molecule has 1 atom stereocenters. The molecule has 0 amide bonds. The van der Waals surface area contributed by atoms with E-state index in [1.54, 1.807) is 0 Å². The minimum absolute atomic E-state index is 0.360. The molecule has 0 aromatic heterocycles. The third-order valence-electron chi connectivity index (χ3n) is 3.86. The van der Waals surface area contributed by atoms with Gasteiger partial charge in [-0.15, -0.1) is 0 Å². The highest BCUT2D eigenvalue weighted by Gasteiger charge is 2.12. The van der Waals surface area contributed by atoms with Crippen LogP contribution in [0.25, 0.3) is 0 Å². The second-order valence-electron chi connectivity index (χ2n) is 5.69. The number of fused-ring (bicyclic) bond motifs is 1. The molecule has 18 heavy (non-hydrogen) atoms. The van der Waals surface area contributed by atoms with Crippen molar-refractivity contribution >= 4 is 0 Å². The maximum atomic E-state index is 6.05. The number of hydrogen-bond acceptors (Lipinski definition) is 2. The van der Waals surface area contributed by atoms with Gasteiger partial charge in [0, 0.05) is 12.5 Å². The molecule has 0 radical (unpaired) electrons. The molecule has 0 spiro atoms. The van der Waals surface area contributed by atoms with Crippen LogP contribution in [0.4, 0.5) is 0 Å². The van der Waals surface area contributed by atoms with Crippen LogP contribution < -0.4 is 10.5 Å². The first-order chi connectivity index (χ1) is 8.66. The number of hydrogen-bond donors (Lipinski definition) is 1. The van der Waals surface area contributed by atoms with Gasteiger partial charge >= 0.3 is 0 Å². The van der Waals surface area contributed by atoms with Crippen molar-refractivity contribution in [1.82, 2.24) is 0 Å². The van der Waals surface area contributed by atoms with Gasteiger partial charge in [-0.05, 0) is 42.4 Å². The summed E-state index contributed by atoms with van der Waals surface area (Å²) in [6.45, 7) is 5.25. The maximum Gasteiger partial charge on any atom is 0.122 e. The van der Waals surface area contributed by atoms with Crippen LogP contribution >= 0.6 is 0 Å². The van der Waals surface area contributed by atoms with Gasteiger partial charge in [0.15, 0.2) is 0 Å². The normalized spacial score (nSPS) is 15.6. The summed E-state index contributed by atoms with van der Waals surface area (Å²) in [4.78, 5) is 0. The monoisotopic (exact) mass is 247 g/mol. The third kappa shape index (κ3) is 3.49. The summed E-state index contributed by atoms with van der Waals surface area (Å²) in [5.41, 5.74) is 8.88. The first-order valence-corrected chi connectivity index (χ1v) is 7.17. The van der Waals surface area contributed by atoms with Gasteiger partial charge in [-0.3, -0.25) is 0 Å². The van der Waals surface area contributed by atoms with Crippen LogP contribution in [0, 0.1) is 5.92 Å². The average molecular weight is 247 g/mol. The van der Waals surface area contributed by atoms with Crippen molar-refractivity contribution < 1.29 is 4.74 Å². The highest BCUT2D eigenvalue weighted by atomic mass is 16.5.